The number of anilines is 1. The van der Waals surface area contributed by atoms with E-state index in [1.807, 2.05) is 47.4 Å². The summed E-state index contributed by atoms with van der Waals surface area (Å²) in [5, 5.41) is 2.70. The number of methoxy groups -OCH3 is 2. The largest absolute Gasteiger partial charge is 0.493 e. The molecule has 3 rings (SSSR count). The fraction of sp³-hybridized carbons (Fsp3) is 0.300. The van der Waals surface area contributed by atoms with Crippen molar-refractivity contribution >= 4 is 29.3 Å². The van der Waals surface area contributed by atoms with Crippen LogP contribution in [0.1, 0.15) is 23.4 Å². The highest BCUT2D eigenvalue weighted by molar-refractivity contribution is 8.00. The maximum Gasteiger partial charge on any atom is 0.234 e. The summed E-state index contributed by atoms with van der Waals surface area (Å²) in [6.45, 7) is 1.97. The van der Waals surface area contributed by atoms with Crippen LogP contribution in [0.2, 0.25) is 0 Å². The predicted octanol–water partition coefficient (Wildman–Crippen LogP) is 3.44. The summed E-state index contributed by atoms with van der Waals surface area (Å²) >= 11 is 1.60. The van der Waals surface area contributed by atoms with Crippen LogP contribution in [0.3, 0.4) is 0 Å². The third-order valence-electron chi connectivity index (χ3n) is 4.29. The molecule has 0 spiro atoms. The van der Waals surface area contributed by atoms with E-state index < -0.39 is 0 Å². The molecule has 1 N–H and O–H groups in total. The highest BCUT2D eigenvalue weighted by Gasteiger charge is 2.32. The molecule has 6 nitrogen and oxygen atoms in total. The highest BCUT2D eigenvalue weighted by atomic mass is 32.2. The van der Waals surface area contributed by atoms with Gasteiger partial charge in [-0.25, -0.2) is 0 Å². The average molecular weight is 386 g/mol. The number of carbonyl (C=O) groups is 2. The van der Waals surface area contributed by atoms with Crippen molar-refractivity contribution in [2.24, 2.45) is 0 Å². The Morgan fingerprint density at radius 2 is 1.85 bits per heavy atom. The van der Waals surface area contributed by atoms with Gasteiger partial charge >= 0.3 is 0 Å². The number of hydrogen-bond donors (Lipinski definition) is 1. The minimum Gasteiger partial charge on any atom is -0.493 e. The van der Waals surface area contributed by atoms with Gasteiger partial charge in [0.05, 0.1) is 20.0 Å². The summed E-state index contributed by atoms with van der Waals surface area (Å²) in [4.78, 5) is 25.5. The third kappa shape index (κ3) is 4.36. The first-order valence-corrected chi connectivity index (χ1v) is 9.56. The van der Waals surface area contributed by atoms with Crippen LogP contribution in [0.5, 0.6) is 11.5 Å². The minimum atomic E-state index is -0.108. The second-order valence-electron chi connectivity index (χ2n) is 6.18. The first kappa shape index (κ1) is 19.1. The molecule has 27 heavy (non-hydrogen) atoms. The van der Waals surface area contributed by atoms with Crippen molar-refractivity contribution in [3.8, 4) is 11.5 Å². The Morgan fingerprint density at radius 3 is 2.48 bits per heavy atom. The molecule has 1 aliphatic rings. The Balaban J connectivity index is 1.79. The quantitative estimate of drug-likeness (QED) is 0.824. The van der Waals surface area contributed by atoms with Crippen LogP contribution in [0.4, 0.5) is 5.69 Å². The molecule has 0 aromatic heterocycles. The Bertz CT molecular complexity index is 838. The van der Waals surface area contributed by atoms with Crippen molar-refractivity contribution < 1.29 is 19.1 Å². The molecule has 0 bridgehead atoms. The summed E-state index contributed by atoms with van der Waals surface area (Å²) < 4.78 is 10.6. The van der Waals surface area contributed by atoms with Crippen LogP contribution in [0, 0.1) is 0 Å². The lowest BCUT2D eigenvalue weighted by Gasteiger charge is -2.25. The van der Waals surface area contributed by atoms with Crippen LogP contribution in [0.15, 0.2) is 42.5 Å². The first-order chi connectivity index (χ1) is 13.0. The standard InChI is InChI=1S/C20H22N2O4S/c1-13(23)21-16-7-5-15(6-8-16)20-22(19(24)12-27-20)11-14-4-9-17(25-2)18(10-14)26-3/h4-10,20H,11-12H2,1-3H3,(H,21,23). The van der Waals surface area contributed by atoms with E-state index in [0.29, 0.717) is 23.8 Å². The Labute approximate surface area is 162 Å². The number of thioether (sulfide) groups is 1. The van der Waals surface area contributed by atoms with Gasteiger partial charge in [-0.15, -0.1) is 11.8 Å². The normalized spacial score (nSPS) is 16.3. The van der Waals surface area contributed by atoms with Crippen molar-refractivity contribution in [3.05, 3.63) is 53.6 Å². The molecule has 1 fully saturated rings. The number of benzene rings is 2. The van der Waals surface area contributed by atoms with E-state index in [-0.39, 0.29) is 17.2 Å². The smallest absolute Gasteiger partial charge is 0.234 e. The number of carbonyl (C=O) groups excluding carboxylic acids is 2. The van der Waals surface area contributed by atoms with E-state index in [4.69, 9.17) is 9.47 Å². The lowest BCUT2D eigenvalue weighted by Crippen LogP contribution is -2.27. The van der Waals surface area contributed by atoms with Crippen LogP contribution < -0.4 is 14.8 Å². The first-order valence-electron chi connectivity index (χ1n) is 8.51. The zero-order valence-electron chi connectivity index (χ0n) is 15.5. The molecule has 2 aromatic rings. The molecule has 2 aromatic carbocycles. The van der Waals surface area contributed by atoms with Crippen LogP contribution in [-0.2, 0) is 16.1 Å². The van der Waals surface area contributed by atoms with Gasteiger partial charge in [0, 0.05) is 19.2 Å². The maximum absolute atomic E-state index is 12.4. The zero-order valence-corrected chi connectivity index (χ0v) is 16.3. The number of amides is 2. The van der Waals surface area contributed by atoms with Gasteiger partial charge in [-0.2, -0.15) is 0 Å². The molecule has 0 radical (unpaired) electrons. The van der Waals surface area contributed by atoms with Crippen LogP contribution >= 0.6 is 11.8 Å². The molecule has 7 heteroatoms. The second-order valence-corrected chi connectivity index (χ2v) is 7.25. The summed E-state index contributed by atoms with van der Waals surface area (Å²) in [5.74, 6) is 1.75. The molecule has 2 amide bonds. The lowest BCUT2D eigenvalue weighted by atomic mass is 10.1. The average Bonchev–Trinajstić information content (AvgIpc) is 3.02. The molecular formula is C20H22N2O4S. The fourth-order valence-electron chi connectivity index (χ4n) is 3.01. The van der Waals surface area contributed by atoms with Gasteiger partial charge in [0.2, 0.25) is 11.8 Å². The SMILES string of the molecule is COc1ccc(CN2C(=O)CSC2c2ccc(NC(C)=O)cc2)cc1OC. The molecule has 0 saturated carbocycles. The zero-order chi connectivity index (χ0) is 19.4. The number of nitrogens with one attached hydrogen (secondary N) is 1. The van der Waals surface area contributed by atoms with Gasteiger partial charge in [0.25, 0.3) is 0 Å². The van der Waals surface area contributed by atoms with Crippen molar-refractivity contribution in [3.63, 3.8) is 0 Å². The molecule has 1 aliphatic heterocycles. The maximum atomic E-state index is 12.4. The number of hydrogen-bond acceptors (Lipinski definition) is 5. The molecule has 0 aliphatic carbocycles. The van der Waals surface area contributed by atoms with E-state index in [1.165, 1.54) is 6.92 Å². The van der Waals surface area contributed by atoms with E-state index in [2.05, 4.69) is 5.32 Å². The predicted molar refractivity (Wildman–Crippen MR) is 106 cm³/mol. The van der Waals surface area contributed by atoms with Crippen LogP contribution in [-0.4, -0.2) is 36.7 Å². The lowest BCUT2D eigenvalue weighted by molar-refractivity contribution is -0.128. The van der Waals surface area contributed by atoms with Crippen LogP contribution in [0.25, 0.3) is 0 Å². The molecule has 1 saturated heterocycles. The summed E-state index contributed by atoms with van der Waals surface area (Å²) in [6.07, 6.45) is 0. The van der Waals surface area contributed by atoms with Crippen molar-refractivity contribution in [2.75, 3.05) is 25.3 Å². The summed E-state index contributed by atoms with van der Waals surface area (Å²) in [6, 6.07) is 13.3. The molecule has 1 heterocycles. The number of nitrogens with zero attached hydrogens (tertiary/aromatic N) is 1. The summed E-state index contributed by atoms with van der Waals surface area (Å²) in [7, 11) is 3.19. The minimum absolute atomic E-state index is 0.0584. The monoisotopic (exact) mass is 386 g/mol. The highest BCUT2D eigenvalue weighted by Crippen LogP contribution is 2.40. The van der Waals surface area contributed by atoms with E-state index in [9.17, 15) is 9.59 Å². The fourth-order valence-corrected chi connectivity index (χ4v) is 4.20. The Morgan fingerprint density at radius 1 is 1.15 bits per heavy atom. The van der Waals surface area contributed by atoms with Crippen molar-refractivity contribution in [1.29, 1.82) is 0 Å². The van der Waals surface area contributed by atoms with E-state index in [1.54, 1.807) is 26.0 Å². The second kappa shape index (κ2) is 8.35. The topological polar surface area (TPSA) is 67.9 Å². The van der Waals surface area contributed by atoms with Gasteiger partial charge in [0.1, 0.15) is 5.37 Å². The van der Waals surface area contributed by atoms with Gasteiger partial charge in [0.15, 0.2) is 11.5 Å². The van der Waals surface area contributed by atoms with E-state index in [0.717, 1.165) is 16.8 Å². The van der Waals surface area contributed by atoms with Crippen molar-refractivity contribution in [2.45, 2.75) is 18.8 Å². The Hall–Kier alpha value is -2.67. The van der Waals surface area contributed by atoms with Gasteiger partial charge in [-0.05, 0) is 35.4 Å². The molecule has 1 unspecified atom stereocenters. The Kier molecular flexibility index (Phi) is 5.91. The van der Waals surface area contributed by atoms with Crippen molar-refractivity contribution in [1.82, 2.24) is 4.90 Å². The summed E-state index contributed by atoms with van der Waals surface area (Å²) in [5.41, 5.74) is 2.75. The van der Waals surface area contributed by atoms with Gasteiger partial charge in [-0.3, -0.25) is 9.59 Å². The number of rotatable bonds is 6. The molecule has 142 valence electrons. The molecular weight excluding hydrogens is 364 g/mol. The molecule has 1 atom stereocenters. The third-order valence-corrected chi connectivity index (χ3v) is 5.54. The van der Waals surface area contributed by atoms with E-state index >= 15 is 0 Å². The van der Waals surface area contributed by atoms with Gasteiger partial charge < -0.3 is 19.7 Å². The van der Waals surface area contributed by atoms with Gasteiger partial charge in [-0.1, -0.05) is 18.2 Å². The number of ether oxygens (including phenoxy) is 2.